The quantitative estimate of drug-likeness (QED) is 0.426. The molecule has 3 rings (SSSR count). The van der Waals surface area contributed by atoms with Gasteiger partial charge < -0.3 is 5.32 Å². The van der Waals surface area contributed by atoms with E-state index in [9.17, 15) is 14.4 Å². The third-order valence-electron chi connectivity index (χ3n) is 3.85. The summed E-state index contributed by atoms with van der Waals surface area (Å²) in [5.41, 5.74) is 1.67. The number of nitrogens with zero attached hydrogens (tertiary/aromatic N) is 2. The second-order valence-corrected chi connectivity index (χ2v) is 6.69. The molecule has 0 unspecified atom stereocenters. The maximum Gasteiger partial charge on any atom is 0.261 e. The lowest BCUT2D eigenvalue weighted by molar-refractivity contribution is -0.113. The van der Waals surface area contributed by atoms with E-state index in [1.54, 1.807) is 49.5 Å². The number of carbonyl (C=O) groups excluding carboxylic acids is 2. The van der Waals surface area contributed by atoms with Crippen molar-refractivity contribution in [1.82, 2.24) is 9.55 Å². The Hall–Kier alpha value is -2.93. The van der Waals surface area contributed by atoms with E-state index in [2.05, 4.69) is 10.3 Å². The fourth-order valence-electron chi connectivity index (χ4n) is 2.44. The van der Waals surface area contributed by atoms with Crippen molar-refractivity contribution < 1.29 is 9.59 Å². The molecule has 132 valence electrons. The molecule has 3 aromatic rings. The van der Waals surface area contributed by atoms with Crippen molar-refractivity contribution in [3.05, 3.63) is 64.4 Å². The number of hydrogen-bond donors (Lipinski definition) is 1. The minimum absolute atomic E-state index is 0.0262. The Morgan fingerprint density at radius 3 is 2.50 bits per heavy atom. The fraction of sp³-hybridized carbons (Fsp3) is 0.158. The first kappa shape index (κ1) is 17.9. The summed E-state index contributed by atoms with van der Waals surface area (Å²) in [7, 11) is 1.64. The van der Waals surface area contributed by atoms with E-state index < -0.39 is 0 Å². The molecule has 1 aromatic heterocycles. The molecule has 0 atom stereocenters. The molecular weight excluding hydrogens is 350 g/mol. The smallest absolute Gasteiger partial charge is 0.261 e. The van der Waals surface area contributed by atoms with Crippen LogP contribution in [0.5, 0.6) is 0 Å². The first-order valence-electron chi connectivity index (χ1n) is 7.95. The predicted octanol–water partition coefficient (Wildman–Crippen LogP) is 2.87. The minimum Gasteiger partial charge on any atom is -0.325 e. The SMILES string of the molecule is CC(=O)c1ccc(NC(=O)CSc2nc3ccccc3c(=O)n2C)cc1. The number of aromatic nitrogens is 2. The number of hydrogen-bond acceptors (Lipinski definition) is 5. The third kappa shape index (κ3) is 3.83. The Morgan fingerprint density at radius 2 is 1.81 bits per heavy atom. The molecule has 0 bridgehead atoms. The summed E-state index contributed by atoms with van der Waals surface area (Å²) in [6.45, 7) is 1.49. The first-order valence-corrected chi connectivity index (χ1v) is 8.93. The molecule has 26 heavy (non-hydrogen) atoms. The van der Waals surface area contributed by atoms with Crippen LogP contribution in [-0.2, 0) is 11.8 Å². The molecule has 0 spiro atoms. The number of Topliss-reactive ketones (excluding diaryl/α,β-unsaturated/α-hetero) is 1. The largest absolute Gasteiger partial charge is 0.325 e. The van der Waals surface area contributed by atoms with Crippen LogP contribution >= 0.6 is 11.8 Å². The van der Waals surface area contributed by atoms with Gasteiger partial charge in [-0.05, 0) is 43.3 Å². The highest BCUT2D eigenvalue weighted by atomic mass is 32.2. The van der Waals surface area contributed by atoms with E-state index in [0.717, 1.165) is 0 Å². The van der Waals surface area contributed by atoms with Gasteiger partial charge in [0.1, 0.15) is 0 Å². The van der Waals surface area contributed by atoms with Gasteiger partial charge in [0.25, 0.3) is 5.56 Å². The standard InChI is InChI=1S/C19H17N3O3S/c1-12(23)13-7-9-14(10-8-13)20-17(24)11-26-19-21-16-6-4-3-5-15(16)18(25)22(19)2/h3-10H,11H2,1-2H3,(H,20,24). The molecule has 1 heterocycles. The number of anilines is 1. The number of carbonyl (C=O) groups is 2. The van der Waals surface area contributed by atoms with Crippen molar-refractivity contribution >= 4 is 40.0 Å². The van der Waals surface area contributed by atoms with Crippen LogP contribution in [0.2, 0.25) is 0 Å². The lowest BCUT2D eigenvalue weighted by atomic mass is 10.1. The maximum atomic E-state index is 12.4. The van der Waals surface area contributed by atoms with E-state index in [1.807, 2.05) is 6.07 Å². The van der Waals surface area contributed by atoms with E-state index in [0.29, 0.717) is 27.3 Å². The zero-order chi connectivity index (χ0) is 18.7. The van der Waals surface area contributed by atoms with E-state index >= 15 is 0 Å². The summed E-state index contributed by atoms with van der Waals surface area (Å²) in [6, 6.07) is 13.8. The van der Waals surface area contributed by atoms with Gasteiger partial charge >= 0.3 is 0 Å². The highest BCUT2D eigenvalue weighted by Crippen LogP contribution is 2.17. The molecule has 0 aliphatic carbocycles. The average molecular weight is 367 g/mol. The van der Waals surface area contributed by atoms with Crippen LogP contribution in [0.3, 0.4) is 0 Å². The van der Waals surface area contributed by atoms with Gasteiger partial charge in [-0.2, -0.15) is 0 Å². The Balaban J connectivity index is 1.69. The van der Waals surface area contributed by atoms with Gasteiger partial charge in [0, 0.05) is 18.3 Å². The second-order valence-electron chi connectivity index (χ2n) is 5.75. The monoisotopic (exact) mass is 367 g/mol. The molecule has 0 fully saturated rings. The number of nitrogens with one attached hydrogen (secondary N) is 1. The van der Waals surface area contributed by atoms with Crippen LogP contribution in [0.25, 0.3) is 10.9 Å². The van der Waals surface area contributed by atoms with E-state index in [-0.39, 0.29) is 23.0 Å². The average Bonchev–Trinajstić information content (AvgIpc) is 2.64. The van der Waals surface area contributed by atoms with Crippen molar-refractivity contribution in [1.29, 1.82) is 0 Å². The highest BCUT2D eigenvalue weighted by molar-refractivity contribution is 7.99. The predicted molar refractivity (Wildman–Crippen MR) is 103 cm³/mol. The molecule has 0 radical (unpaired) electrons. The highest BCUT2D eigenvalue weighted by Gasteiger charge is 2.11. The van der Waals surface area contributed by atoms with Gasteiger partial charge in [-0.15, -0.1) is 0 Å². The number of benzene rings is 2. The zero-order valence-corrected chi connectivity index (χ0v) is 15.2. The molecule has 0 saturated carbocycles. The van der Waals surface area contributed by atoms with Crippen molar-refractivity contribution in [2.24, 2.45) is 7.05 Å². The van der Waals surface area contributed by atoms with Crippen LogP contribution in [0.4, 0.5) is 5.69 Å². The number of amides is 1. The van der Waals surface area contributed by atoms with Crippen molar-refractivity contribution in [3.63, 3.8) is 0 Å². The third-order valence-corrected chi connectivity index (χ3v) is 4.88. The van der Waals surface area contributed by atoms with Gasteiger partial charge in [-0.25, -0.2) is 4.98 Å². The number of fused-ring (bicyclic) bond motifs is 1. The molecular formula is C19H17N3O3S. The van der Waals surface area contributed by atoms with Crippen molar-refractivity contribution in [3.8, 4) is 0 Å². The Bertz CT molecular complexity index is 1040. The topological polar surface area (TPSA) is 81.1 Å². The van der Waals surface area contributed by atoms with Crippen molar-refractivity contribution in [2.45, 2.75) is 12.1 Å². The Labute approximate surface area is 154 Å². The first-order chi connectivity index (χ1) is 12.5. The van der Waals surface area contributed by atoms with Crippen LogP contribution in [0, 0.1) is 0 Å². The number of thioether (sulfide) groups is 1. The maximum absolute atomic E-state index is 12.4. The lowest BCUT2D eigenvalue weighted by Crippen LogP contribution is -2.21. The molecule has 0 saturated heterocycles. The summed E-state index contributed by atoms with van der Waals surface area (Å²) in [5, 5.41) is 3.80. The normalized spacial score (nSPS) is 10.7. The van der Waals surface area contributed by atoms with Crippen LogP contribution < -0.4 is 10.9 Å². The molecule has 1 N–H and O–H groups in total. The van der Waals surface area contributed by atoms with Gasteiger partial charge in [-0.1, -0.05) is 23.9 Å². The lowest BCUT2D eigenvalue weighted by Gasteiger charge is -2.09. The van der Waals surface area contributed by atoms with Gasteiger partial charge in [0.05, 0.1) is 16.7 Å². The summed E-state index contributed by atoms with van der Waals surface area (Å²) in [4.78, 5) is 40.2. The Morgan fingerprint density at radius 1 is 1.12 bits per heavy atom. The summed E-state index contributed by atoms with van der Waals surface area (Å²) in [5.74, 6) is -0.123. The van der Waals surface area contributed by atoms with Crippen LogP contribution in [-0.4, -0.2) is 27.0 Å². The summed E-state index contributed by atoms with van der Waals surface area (Å²) >= 11 is 1.20. The number of para-hydroxylation sites is 1. The second kappa shape index (κ2) is 7.53. The number of ketones is 1. The Kier molecular flexibility index (Phi) is 5.18. The van der Waals surface area contributed by atoms with E-state index in [4.69, 9.17) is 0 Å². The van der Waals surface area contributed by atoms with Crippen LogP contribution in [0.15, 0.2) is 58.5 Å². The van der Waals surface area contributed by atoms with Crippen molar-refractivity contribution in [2.75, 3.05) is 11.1 Å². The van der Waals surface area contributed by atoms with Gasteiger partial charge in [0.15, 0.2) is 10.9 Å². The zero-order valence-electron chi connectivity index (χ0n) is 14.4. The van der Waals surface area contributed by atoms with Gasteiger partial charge in [-0.3, -0.25) is 19.0 Å². The molecule has 7 heteroatoms. The minimum atomic E-state index is -0.215. The molecule has 2 aromatic carbocycles. The van der Waals surface area contributed by atoms with E-state index in [1.165, 1.54) is 23.3 Å². The molecule has 6 nitrogen and oxygen atoms in total. The molecule has 0 aliphatic rings. The molecule has 0 aliphatic heterocycles. The fourth-order valence-corrected chi connectivity index (χ4v) is 3.21. The molecule has 1 amide bonds. The van der Waals surface area contributed by atoms with Crippen LogP contribution in [0.1, 0.15) is 17.3 Å². The van der Waals surface area contributed by atoms with Gasteiger partial charge in [0.2, 0.25) is 5.91 Å². The number of rotatable bonds is 5. The summed E-state index contributed by atoms with van der Waals surface area (Å²) in [6.07, 6.45) is 0. The summed E-state index contributed by atoms with van der Waals surface area (Å²) < 4.78 is 1.45.